The van der Waals surface area contributed by atoms with E-state index in [9.17, 15) is 13.2 Å². The van der Waals surface area contributed by atoms with Crippen molar-refractivity contribution in [3.8, 4) is 0 Å². The van der Waals surface area contributed by atoms with Crippen molar-refractivity contribution in [2.24, 2.45) is 16.8 Å². The largest absolute Gasteiger partial charge is 0.327 e. The van der Waals surface area contributed by atoms with Gasteiger partial charge in [-0.1, -0.05) is 19.4 Å². The van der Waals surface area contributed by atoms with E-state index >= 15 is 0 Å². The number of hydrogen-bond acceptors (Lipinski definition) is 4. The molecule has 0 heterocycles. The van der Waals surface area contributed by atoms with Gasteiger partial charge in [0.15, 0.2) is 0 Å². The van der Waals surface area contributed by atoms with E-state index in [4.69, 9.17) is 10.9 Å². The lowest BCUT2D eigenvalue weighted by atomic mass is 10.00. The molecule has 23 heavy (non-hydrogen) atoms. The van der Waals surface area contributed by atoms with Crippen molar-refractivity contribution in [1.82, 2.24) is 0 Å². The number of anilines is 1. The number of amides is 1. The van der Waals surface area contributed by atoms with Crippen LogP contribution in [0.15, 0.2) is 23.1 Å². The Bertz CT molecular complexity index is 664. The van der Waals surface area contributed by atoms with Crippen LogP contribution in [0.2, 0.25) is 0 Å². The van der Waals surface area contributed by atoms with E-state index in [1.807, 2.05) is 6.92 Å². The number of nitrogens with two attached hydrogens (primary N) is 2. The van der Waals surface area contributed by atoms with Gasteiger partial charge in [0.2, 0.25) is 15.9 Å². The molecule has 0 saturated heterocycles. The maximum absolute atomic E-state index is 12.1. The molecule has 8 heteroatoms. The van der Waals surface area contributed by atoms with Crippen LogP contribution in [0, 0.1) is 5.92 Å². The fraction of sp³-hybridized carbons (Fsp3) is 0.533. The van der Waals surface area contributed by atoms with E-state index in [1.54, 1.807) is 12.1 Å². The third-order valence-corrected chi connectivity index (χ3v) is 5.20. The normalized spacial score (nSPS) is 20.8. The number of hydrogen-bond donors (Lipinski definition) is 3. The van der Waals surface area contributed by atoms with Gasteiger partial charge in [0.25, 0.3) is 0 Å². The summed E-state index contributed by atoms with van der Waals surface area (Å²) in [6, 6.07) is 4.87. The number of carbonyl (C=O) groups excluding carboxylic acids is 1. The second-order valence-corrected chi connectivity index (χ2v) is 7.36. The van der Waals surface area contributed by atoms with Crippen LogP contribution in [0.1, 0.15) is 38.2 Å². The molecule has 0 aromatic heterocycles. The number of benzene rings is 1. The van der Waals surface area contributed by atoms with Crippen molar-refractivity contribution < 1.29 is 13.2 Å². The summed E-state index contributed by atoms with van der Waals surface area (Å²) in [5, 5.41) is 7.96. The van der Waals surface area contributed by atoms with E-state index in [2.05, 4.69) is 5.32 Å². The first-order valence-corrected chi connectivity index (χ1v) is 9.07. The number of aryl methyl sites for hydroxylation is 1. The molecule has 130 valence electrons. The Labute approximate surface area is 143 Å². The van der Waals surface area contributed by atoms with Crippen molar-refractivity contribution in [1.29, 1.82) is 0 Å². The van der Waals surface area contributed by atoms with Gasteiger partial charge in [0.05, 0.1) is 4.90 Å². The number of rotatable bonds is 5. The summed E-state index contributed by atoms with van der Waals surface area (Å²) in [4.78, 5) is 12.1. The zero-order chi connectivity index (χ0) is 16.3. The van der Waals surface area contributed by atoms with Crippen molar-refractivity contribution in [3.05, 3.63) is 23.8 Å². The monoisotopic (exact) mass is 361 g/mol. The van der Waals surface area contributed by atoms with Crippen LogP contribution in [-0.4, -0.2) is 20.4 Å². The summed E-state index contributed by atoms with van der Waals surface area (Å²) < 4.78 is 23.2. The Morgan fingerprint density at radius 2 is 2.04 bits per heavy atom. The molecule has 1 aliphatic rings. The summed E-state index contributed by atoms with van der Waals surface area (Å²) in [5.41, 5.74) is 7.04. The van der Waals surface area contributed by atoms with E-state index in [0.717, 1.165) is 19.3 Å². The Morgan fingerprint density at radius 3 is 2.57 bits per heavy atom. The Morgan fingerprint density at radius 1 is 1.35 bits per heavy atom. The number of nitrogens with one attached hydrogen (secondary N) is 1. The number of carbonyl (C=O) groups is 1. The third kappa shape index (κ3) is 5.17. The van der Waals surface area contributed by atoms with Crippen molar-refractivity contribution in [3.63, 3.8) is 0 Å². The van der Waals surface area contributed by atoms with Crippen LogP contribution < -0.4 is 16.2 Å². The highest BCUT2D eigenvalue weighted by atomic mass is 35.5. The first-order chi connectivity index (χ1) is 10.3. The maximum atomic E-state index is 12.1. The quantitative estimate of drug-likeness (QED) is 0.741. The molecule has 1 aromatic rings. The maximum Gasteiger partial charge on any atom is 0.238 e. The average molecular weight is 362 g/mol. The van der Waals surface area contributed by atoms with E-state index in [-0.39, 0.29) is 35.2 Å². The molecular formula is C15H24ClN3O3S. The minimum absolute atomic E-state index is 0. The van der Waals surface area contributed by atoms with Crippen LogP contribution in [0.4, 0.5) is 5.69 Å². The van der Waals surface area contributed by atoms with Gasteiger partial charge >= 0.3 is 0 Å². The highest BCUT2D eigenvalue weighted by Crippen LogP contribution is 2.27. The van der Waals surface area contributed by atoms with Gasteiger partial charge in [-0.3, -0.25) is 4.79 Å². The molecule has 0 aliphatic heterocycles. The topological polar surface area (TPSA) is 115 Å². The minimum atomic E-state index is -3.81. The second kappa shape index (κ2) is 8.10. The average Bonchev–Trinajstić information content (AvgIpc) is 2.83. The lowest BCUT2D eigenvalue weighted by Gasteiger charge is -2.15. The van der Waals surface area contributed by atoms with E-state index in [0.29, 0.717) is 24.1 Å². The minimum Gasteiger partial charge on any atom is -0.327 e. The molecule has 1 fully saturated rings. The van der Waals surface area contributed by atoms with Crippen molar-refractivity contribution in [2.45, 2.75) is 50.0 Å². The molecule has 2 rings (SSSR count). The molecule has 0 radical (unpaired) electrons. The van der Waals surface area contributed by atoms with Crippen LogP contribution in [0.25, 0.3) is 0 Å². The first kappa shape index (κ1) is 19.9. The standard InChI is InChI=1S/C15H23N3O3S.ClH/c1-2-10-6-7-12(9-14(10)22(17,20)21)18-15(19)8-11-4-3-5-13(11)16;/h6-7,9,11,13H,2-5,8,16H2,1H3,(H,18,19)(H2,17,20,21);1H/t11-,13+;/m0./s1. The first-order valence-electron chi connectivity index (χ1n) is 7.52. The predicted molar refractivity (Wildman–Crippen MR) is 93.0 cm³/mol. The summed E-state index contributed by atoms with van der Waals surface area (Å²) in [6.45, 7) is 1.85. The molecular weight excluding hydrogens is 338 g/mol. The predicted octanol–water partition coefficient (Wildman–Crippen LogP) is 1.77. The molecule has 0 bridgehead atoms. The molecule has 2 atom stereocenters. The molecule has 0 unspecified atom stereocenters. The zero-order valence-corrected chi connectivity index (χ0v) is 14.8. The van der Waals surface area contributed by atoms with Crippen LogP contribution in [-0.2, 0) is 21.2 Å². The molecule has 6 nitrogen and oxygen atoms in total. The van der Waals surface area contributed by atoms with Crippen molar-refractivity contribution in [2.75, 3.05) is 5.32 Å². The summed E-state index contributed by atoms with van der Waals surface area (Å²) >= 11 is 0. The van der Waals surface area contributed by atoms with Crippen LogP contribution >= 0.6 is 12.4 Å². The van der Waals surface area contributed by atoms with Gasteiger partial charge in [0.1, 0.15) is 0 Å². The van der Waals surface area contributed by atoms with Gasteiger partial charge in [-0.25, -0.2) is 13.6 Å². The highest BCUT2D eigenvalue weighted by Gasteiger charge is 2.26. The van der Waals surface area contributed by atoms with Crippen LogP contribution in [0.3, 0.4) is 0 Å². The lowest BCUT2D eigenvalue weighted by Crippen LogP contribution is -2.28. The molecule has 1 aliphatic carbocycles. The molecule has 1 aromatic carbocycles. The Hall–Kier alpha value is -1.15. The Kier molecular flexibility index (Phi) is 7.01. The molecule has 1 saturated carbocycles. The highest BCUT2D eigenvalue weighted by molar-refractivity contribution is 7.89. The van der Waals surface area contributed by atoms with E-state index in [1.165, 1.54) is 6.07 Å². The number of halogens is 1. The summed E-state index contributed by atoms with van der Waals surface area (Å²) in [7, 11) is -3.81. The summed E-state index contributed by atoms with van der Waals surface area (Å²) in [5.74, 6) is 0.0552. The molecule has 0 spiro atoms. The summed E-state index contributed by atoms with van der Waals surface area (Å²) in [6.07, 6.45) is 3.89. The fourth-order valence-corrected chi connectivity index (χ4v) is 3.83. The second-order valence-electron chi connectivity index (χ2n) is 5.83. The smallest absolute Gasteiger partial charge is 0.238 e. The fourth-order valence-electron chi connectivity index (χ4n) is 2.96. The van der Waals surface area contributed by atoms with Gasteiger partial charge in [-0.15, -0.1) is 12.4 Å². The zero-order valence-electron chi connectivity index (χ0n) is 13.1. The van der Waals surface area contributed by atoms with Gasteiger partial charge in [-0.2, -0.15) is 0 Å². The molecule has 5 N–H and O–H groups in total. The number of primary sulfonamides is 1. The third-order valence-electron chi connectivity index (χ3n) is 4.20. The van der Waals surface area contributed by atoms with Crippen molar-refractivity contribution >= 4 is 34.0 Å². The number of sulfonamides is 1. The van der Waals surface area contributed by atoms with Gasteiger partial charge < -0.3 is 11.1 Å². The van der Waals surface area contributed by atoms with Gasteiger partial charge in [0, 0.05) is 18.2 Å². The Balaban J connectivity index is 0.00000264. The van der Waals surface area contributed by atoms with Gasteiger partial charge in [-0.05, 0) is 42.9 Å². The van der Waals surface area contributed by atoms with E-state index < -0.39 is 10.0 Å². The van der Waals surface area contributed by atoms with Crippen LogP contribution in [0.5, 0.6) is 0 Å². The lowest BCUT2D eigenvalue weighted by molar-refractivity contribution is -0.117. The SMILES string of the molecule is CCc1ccc(NC(=O)C[C@@H]2CCC[C@H]2N)cc1S(N)(=O)=O.Cl. The molecule has 1 amide bonds.